The number of methoxy groups -OCH3 is 1. The number of benzene rings is 3. The second kappa shape index (κ2) is 11.2. The van der Waals surface area contributed by atoms with Crippen molar-refractivity contribution in [1.82, 2.24) is 14.7 Å². The molecule has 0 saturated carbocycles. The van der Waals surface area contributed by atoms with Gasteiger partial charge in [0.25, 0.3) is 5.91 Å². The lowest BCUT2D eigenvalue weighted by molar-refractivity contribution is 0.0679. The maximum atomic E-state index is 13.5. The first-order valence-corrected chi connectivity index (χ1v) is 11.4. The zero-order valence-electron chi connectivity index (χ0n) is 19.4. The number of aromatic nitrogens is 2. The molecule has 0 aliphatic rings. The molecule has 0 fully saturated rings. The van der Waals surface area contributed by atoms with Crippen LogP contribution in [0.5, 0.6) is 11.6 Å². The van der Waals surface area contributed by atoms with Crippen LogP contribution in [0.2, 0.25) is 5.02 Å². The van der Waals surface area contributed by atoms with Gasteiger partial charge < -0.3 is 14.4 Å². The fourth-order valence-corrected chi connectivity index (χ4v) is 3.88. The molecule has 0 aliphatic carbocycles. The van der Waals surface area contributed by atoms with Gasteiger partial charge in [-0.15, -0.1) is 0 Å². The number of hydrogen-bond acceptors (Lipinski definition) is 4. The number of amides is 1. The van der Waals surface area contributed by atoms with Crippen molar-refractivity contribution in [2.75, 3.05) is 20.3 Å². The van der Waals surface area contributed by atoms with Gasteiger partial charge in [-0.1, -0.05) is 54.1 Å². The molecule has 1 aromatic heterocycles. The van der Waals surface area contributed by atoms with Crippen LogP contribution in [0.15, 0.2) is 78.9 Å². The van der Waals surface area contributed by atoms with Crippen LogP contribution in [0, 0.1) is 5.82 Å². The third-order valence-electron chi connectivity index (χ3n) is 5.47. The highest BCUT2D eigenvalue weighted by atomic mass is 35.5. The summed E-state index contributed by atoms with van der Waals surface area (Å²) < 4.78 is 26.6. The maximum absolute atomic E-state index is 13.5. The molecule has 0 atom stereocenters. The summed E-state index contributed by atoms with van der Waals surface area (Å²) in [6.45, 7) is 0.841. The number of aryl methyl sites for hydroxylation is 1. The summed E-state index contributed by atoms with van der Waals surface area (Å²) in [5.74, 6) is 0.283. The Labute approximate surface area is 208 Å². The number of halogens is 2. The highest BCUT2D eigenvalue weighted by molar-refractivity contribution is 6.32. The van der Waals surface area contributed by atoms with Crippen LogP contribution >= 0.6 is 11.6 Å². The second-order valence-electron chi connectivity index (χ2n) is 7.88. The number of ether oxygens (including phenoxy) is 2. The predicted octanol–water partition coefficient (Wildman–Crippen LogP) is 5.96. The summed E-state index contributed by atoms with van der Waals surface area (Å²) in [5, 5.41) is 5.17. The molecule has 0 bridgehead atoms. The van der Waals surface area contributed by atoms with E-state index in [1.807, 2.05) is 42.5 Å². The van der Waals surface area contributed by atoms with Gasteiger partial charge in [-0.05, 0) is 36.4 Å². The molecule has 1 amide bonds. The van der Waals surface area contributed by atoms with Gasteiger partial charge in [0.2, 0.25) is 5.88 Å². The van der Waals surface area contributed by atoms with E-state index in [1.54, 1.807) is 35.9 Å². The number of rotatable bonds is 9. The average molecular weight is 494 g/mol. The van der Waals surface area contributed by atoms with Crippen LogP contribution in [0.25, 0.3) is 11.3 Å². The first-order chi connectivity index (χ1) is 17.0. The summed E-state index contributed by atoms with van der Waals surface area (Å²) in [4.78, 5) is 15.0. The van der Waals surface area contributed by atoms with Gasteiger partial charge in [0.1, 0.15) is 17.3 Å². The Morgan fingerprint density at radius 1 is 1.03 bits per heavy atom. The van der Waals surface area contributed by atoms with Gasteiger partial charge >= 0.3 is 0 Å². The van der Waals surface area contributed by atoms with Crippen LogP contribution in [0.4, 0.5) is 4.39 Å². The molecule has 0 spiro atoms. The van der Waals surface area contributed by atoms with E-state index < -0.39 is 5.82 Å². The third-order valence-corrected chi connectivity index (χ3v) is 5.78. The number of carbonyl (C=O) groups is 1. The quantitative estimate of drug-likeness (QED) is 0.288. The first kappa shape index (κ1) is 24.4. The van der Waals surface area contributed by atoms with Gasteiger partial charge in [0.05, 0.1) is 23.7 Å². The van der Waals surface area contributed by atoms with Crippen LogP contribution < -0.4 is 4.74 Å². The topological polar surface area (TPSA) is 56.6 Å². The SMILES string of the molecule is COCCN(Cc1c(-c2ccccc2)nn(C)c1Oc1ccccc1Cl)C(=O)c1ccc(F)cc1. The summed E-state index contributed by atoms with van der Waals surface area (Å²) >= 11 is 6.35. The van der Waals surface area contributed by atoms with Crippen LogP contribution in [0.1, 0.15) is 15.9 Å². The minimum absolute atomic E-state index is 0.192. The van der Waals surface area contributed by atoms with E-state index in [2.05, 4.69) is 0 Å². The lowest BCUT2D eigenvalue weighted by Gasteiger charge is -2.23. The van der Waals surface area contributed by atoms with Gasteiger partial charge in [0.15, 0.2) is 0 Å². The van der Waals surface area contributed by atoms with Crippen molar-refractivity contribution in [1.29, 1.82) is 0 Å². The Hall–Kier alpha value is -3.68. The number of para-hydroxylation sites is 1. The highest BCUT2D eigenvalue weighted by Gasteiger charge is 2.25. The molecule has 3 aromatic carbocycles. The summed E-state index contributed by atoms with van der Waals surface area (Å²) in [6, 6.07) is 22.3. The smallest absolute Gasteiger partial charge is 0.254 e. The minimum atomic E-state index is -0.404. The number of carbonyl (C=O) groups excluding carboxylic acids is 1. The van der Waals surface area contributed by atoms with Crippen LogP contribution in [0.3, 0.4) is 0 Å². The molecular formula is C27H25ClFN3O3. The van der Waals surface area contributed by atoms with E-state index in [-0.39, 0.29) is 12.5 Å². The van der Waals surface area contributed by atoms with Crippen molar-refractivity contribution in [2.24, 2.45) is 7.05 Å². The molecule has 0 aliphatic heterocycles. The van der Waals surface area contributed by atoms with Gasteiger partial charge in [-0.3, -0.25) is 4.79 Å². The molecule has 1 heterocycles. The summed E-state index contributed by atoms with van der Waals surface area (Å²) in [6.07, 6.45) is 0. The Bertz CT molecular complexity index is 1290. The van der Waals surface area contributed by atoms with Gasteiger partial charge in [-0.25, -0.2) is 9.07 Å². The third kappa shape index (κ3) is 5.70. The largest absolute Gasteiger partial charge is 0.437 e. The zero-order valence-corrected chi connectivity index (χ0v) is 20.2. The zero-order chi connectivity index (χ0) is 24.8. The van der Waals surface area contributed by atoms with Crippen molar-refractivity contribution in [3.63, 3.8) is 0 Å². The van der Waals surface area contributed by atoms with Gasteiger partial charge in [-0.2, -0.15) is 5.10 Å². The molecule has 4 rings (SSSR count). The molecule has 6 nitrogen and oxygen atoms in total. The average Bonchev–Trinajstić information content (AvgIpc) is 3.18. The van der Waals surface area contributed by atoms with E-state index >= 15 is 0 Å². The molecule has 8 heteroatoms. The fraction of sp³-hybridized carbons (Fsp3) is 0.185. The number of nitrogens with zero attached hydrogens (tertiary/aromatic N) is 3. The minimum Gasteiger partial charge on any atom is -0.437 e. The summed E-state index contributed by atoms with van der Waals surface area (Å²) in [7, 11) is 3.36. The van der Waals surface area contributed by atoms with E-state index in [9.17, 15) is 9.18 Å². The maximum Gasteiger partial charge on any atom is 0.254 e. The molecule has 180 valence electrons. The molecular weight excluding hydrogens is 469 g/mol. The van der Waals surface area contributed by atoms with Crippen molar-refractivity contribution < 1.29 is 18.7 Å². The Morgan fingerprint density at radius 2 is 1.71 bits per heavy atom. The molecule has 0 unspecified atom stereocenters. The second-order valence-corrected chi connectivity index (χ2v) is 8.29. The summed E-state index contributed by atoms with van der Waals surface area (Å²) in [5.41, 5.74) is 2.66. The van der Waals surface area contributed by atoms with E-state index in [1.165, 1.54) is 24.3 Å². The van der Waals surface area contributed by atoms with E-state index in [4.69, 9.17) is 26.2 Å². The van der Waals surface area contributed by atoms with E-state index in [0.717, 1.165) is 5.56 Å². The van der Waals surface area contributed by atoms with E-state index in [0.29, 0.717) is 46.6 Å². The molecule has 0 radical (unpaired) electrons. The monoisotopic (exact) mass is 493 g/mol. The molecule has 35 heavy (non-hydrogen) atoms. The molecule has 0 N–H and O–H groups in total. The van der Waals surface area contributed by atoms with Gasteiger partial charge in [0, 0.05) is 31.8 Å². The molecule has 4 aromatic rings. The van der Waals surface area contributed by atoms with Crippen molar-refractivity contribution >= 4 is 17.5 Å². The van der Waals surface area contributed by atoms with Crippen molar-refractivity contribution in [3.05, 3.63) is 101 Å². The predicted molar refractivity (Wildman–Crippen MR) is 133 cm³/mol. The normalized spacial score (nSPS) is 10.9. The van der Waals surface area contributed by atoms with Crippen LogP contribution in [-0.4, -0.2) is 40.8 Å². The lowest BCUT2D eigenvalue weighted by Crippen LogP contribution is -2.33. The Balaban J connectivity index is 1.77. The molecule has 0 saturated heterocycles. The van der Waals surface area contributed by atoms with Crippen molar-refractivity contribution in [2.45, 2.75) is 6.54 Å². The van der Waals surface area contributed by atoms with Crippen LogP contribution in [-0.2, 0) is 18.3 Å². The standard InChI is InChI=1S/C27H25ClFN3O3/c1-31-27(35-24-11-7-6-10-23(24)28)22(25(30-31)19-8-4-3-5-9-19)18-32(16-17-34-2)26(33)20-12-14-21(29)15-13-20/h3-15H,16-18H2,1-2H3. The first-order valence-electron chi connectivity index (χ1n) is 11.1. The van der Waals surface area contributed by atoms with Crippen molar-refractivity contribution in [3.8, 4) is 22.9 Å². The highest BCUT2D eigenvalue weighted by Crippen LogP contribution is 2.36. The number of hydrogen-bond donors (Lipinski definition) is 0. The Morgan fingerprint density at radius 3 is 2.40 bits per heavy atom. The fourth-order valence-electron chi connectivity index (χ4n) is 3.70. The lowest BCUT2D eigenvalue weighted by atomic mass is 10.1. The Kier molecular flexibility index (Phi) is 7.80.